The molecule has 0 spiro atoms. The van der Waals surface area contributed by atoms with Crippen LogP contribution in [0.4, 0.5) is 0 Å². The molecule has 0 radical (unpaired) electrons. The van der Waals surface area contributed by atoms with Gasteiger partial charge >= 0.3 is 5.97 Å². The molecule has 0 saturated heterocycles. The van der Waals surface area contributed by atoms with Crippen LogP contribution in [0.5, 0.6) is 0 Å². The molecule has 1 aliphatic heterocycles. The van der Waals surface area contributed by atoms with Crippen LogP contribution in [0.1, 0.15) is 40.9 Å². The van der Waals surface area contributed by atoms with Crippen molar-refractivity contribution in [3.63, 3.8) is 0 Å². The minimum absolute atomic E-state index is 0.194. The largest absolute Gasteiger partial charge is 0.463 e. The first-order chi connectivity index (χ1) is 23.0. The van der Waals surface area contributed by atoms with Crippen LogP contribution in [0.2, 0.25) is 0 Å². The molecule has 0 saturated carbocycles. The summed E-state index contributed by atoms with van der Waals surface area (Å²) in [5.41, 5.74) is 6.66. The number of esters is 1. The lowest BCUT2D eigenvalue weighted by atomic mass is 9.93. The lowest BCUT2D eigenvalue weighted by Gasteiger charge is -2.26. The number of aromatic nitrogens is 2. The molecule has 234 valence electrons. The number of para-hydroxylation sites is 1. The molecule has 0 amide bonds. The molecule has 1 atom stereocenters. The number of ether oxygens (including phenoxy) is 1. The maximum Gasteiger partial charge on any atom is 0.338 e. The van der Waals surface area contributed by atoms with Gasteiger partial charge in [-0.05, 0) is 55.5 Å². The van der Waals surface area contributed by atoms with Crippen molar-refractivity contribution in [3.05, 3.63) is 162 Å². The number of thiazole rings is 1. The van der Waals surface area contributed by atoms with Gasteiger partial charge < -0.3 is 9.30 Å². The van der Waals surface area contributed by atoms with Gasteiger partial charge in [0, 0.05) is 39.2 Å². The third-order valence-electron chi connectivity index (χ3n) is 8.54. The van der Waals surface area contributed by atoms with Gasteiger partial charge in [-0.3, -0.25) is 9.36 Å². The van der Waals surface area contributed by atoms with Crippen molar-refractivity contribution in [2.45, 2.75) is 31.3 Å². The molecule has 47 heavy (non-hydrogen) atoms. The Kier molecular flexibility index (Phi) is 8.54. The number of carbonyl (C=O) groups is 1. The van der Waals surface area contributed by atoms with Gasteiger partial charge in [-0.15, -0.1) is 11.8 Å². The number of thioether (sulfide) groups is 1. The van der Waals surface area contributed by atoms with E-state index in [1.807, 2.05) is 85.1 Å². The van der Waals surface area contributed by atoms with E-state index in [2.05, 4.69) is 47.9 Å². The van der Waals surface area contributed by atoms with E-state index in [1.54, 1.807) is 23.3 Å². The third-order valence-corrected chi connectivity index (χ3v) is 10.3. The highest BCUT2D eigenvalue weighted by atomic mass is 32.2. The average Bonchev–Trinajstić information content (AvgIpc) is 3.56. The summed E-state index contributed by atoms with van der Waals surface area (Å²) < 4.78 is 10.1. The molecule has 0 aliphatic carbocycles. The first-order valence-corrected chi connectivity index (χ1v) is 17.6. The fourth-order valence-corrected chi connectivity index (χ4v) is 7.67. The van der Waals surface area contributed by atoms with Crippen molar-refractivity contribution in [1.29, 1.82) is 0 Å². The highest BCUT2D eigenvalue weighted by Crippen LogP contribution is 2.36. The predicted octanol–water partition coefficient (Wildman–Crippen LogP) is 6.97. The lowest BCUT2D eigenvalue weighted by Crippen LogP contribution is -2.40. The third kappa shape index (κ3) is 5.68. The molecular weight excluding hydrogens is 623 g/mol. The Hall–Kier alpha value is -4.92. The molecule has 8 heteroatoms. The summed E-state index contributed by atoms with van der Waals surface area (Å²) in [6.45, 7) is 4.82. The van der Waals surface area contributed by atoms with E-state index in [1.165, 1.54) is 16.9 Å². The maximum absolute atomic E-state index is 14.5. The fourth-order valence-electron chi connectivity index (χ4n) is 6.28. The van der Waals surface area contributed by atoms with E-state index in [9.17, 15) is 9.59 Å². The highest BCUT2D eigenvalue weighted by molar-refractivity contribution is 7.98. The summed E-state index contributed by atoms with van der Waals surface area (Å²) in [7, 11) is 0. The summed E-state index contributed by atoms with van der Waals surface area (Å²) in [4.78, 5) is 35.0. The molecule has 0 N–H and O–H groups in total. The van der Waals surface area contributed by atoms with E-state index >= 15 is 0 Å². The van der Waals surface area contributed by atoms with Crippen LogP contribution in [-0.2, 0) is 16.1 Å². The van der Waals surface area contributed by atoms with E-state index < -0.39 is 12.0 Å². The van der Waals surface area contributed by atoms with Crippen LogP contribution in [-0.4, -0.2) is 28.0 Å². The molecule has 0 fully saturated rings. The van der Waals surface area contributed by atoms with Gasteiger partial charge in [-0.1, -0.05) is 102 Å². The van der Waals surface area contributed by atoms with Crippen molar-refractivity contribution >= 4 is 51.7 Å². The predicted molar refractivity (Wildman–Crippen MR) is 192 cm³/mol. The second kappa shape index (κ2) is 13.1. The second-order valence-corrected chi connectivity index (χ2v) is 13.2. The van der Waals surface area contributed by atoms with Gasteiger partial charge in [0.1, 0.15) is 0 Å². The van der Waals surface area contributed by atoms with Gasteiger partial charge in [-0.2, -0.15) is 0 Å². The molecule has 6 aromatic rings. The number of fused-ring (bicyclic) bond motifs is 2. The van der Waals surface area contributed by atoms with E-state index in [4.69, 9.17) is 9.73 Å². The zero-order valence-electron chi connectivity index (χ0n) is 26.3. The monoisotopic (exact) mass is 655 g/mol. The van der Waals surface area contributed by atoms with Gasteiger partial charge in [0.05, 0.1) is 28.5 Å². The van der Waals surface area contributed by atoms with E-state index in [0.29, 0.717) is 20.6 Å². The smallest absolute Gasteiger partial charge is 0.338 e. The van der Waals surface area contributed by atoms with Crippen LogP contribution in [0.15, 0.2) is 129 Å². The highest BCUT2D eigenvalue weighted by Gasteiger charge is 2.35. The summed E-state index contributed by atoms with van der Waals surface area (Å²) in [5.74, 6) is -0.483. The van der Waals surface area contributed by atoms with E-state index in [-0.39, 0.29) is 12.2 Å². The Morgan fingerprint density at radius 2 is 1.62 bits per heavy atom. The SMILES string of the molecule is CCOC(=O)C1=C(c2ccccc2)N=c2s/c(=C\c3c(C)n(Cc4ccccc4)c4ccccc34)c(=O)n2[C@@H]1c1ccc(SC)cc1. The summed E-state index contributed by atoms with van der Waals surface area (Å²) >= 11 is 2.99. The Morgan fingerprint density at radius 1 is 0.936 bits per heavy atom. The molecule has 6 nitrogen and oxygen atoms in total. The quantitative estimate of drug-likeness (QED) is 0.131. The standard InChI is InChI=1S/C39H33N3O3S2/c1-4-45-38(44)34-35(27-15-9-6-10-16-27)40-39-42(36(34)28-19-21-29(46-3)22-20-28)37(43)33(47-39)23-31-25(2)41(24-26-13-7-5-8-14-26)32-18-12-11-17-30(31)32/h5-23,36H,4,24H2,1-3H3/b33-23-/t36-/m1/s1. The Morgan fingerprint density at radius 3 is 2.32 bits per heavy atom. The number of benzene rings is 4. The van der Waals surface area contributed by atoms with Crippen molar-refractivity contribution < 1.29 is 9.53 Å². The Bertz CT molecular complexity index is 2320. The summed E-state index contributed by atoms with van der Waals surface area (Å²) in [6, 6.07) is 35.7. The van der Waals surface area contributed by atoms with Crippen molar-refractivity contribution in [2.75, 3.05) is 12.9 Å². The fraction of sp³-hybridized carbons (Fsp3) is 0.154. The molecule has 7 rings (SSSR count). The van der Waals surface area contributed by atoms with Crippen LogP contribution in [0.25, 0.3) is 22.7 Å². The van der Waals surface area contributed by atoms with Crippen molar-refractivity contribution in [2.24, 2.45) is 4.99 Å². The average molecular weight is 656 g/mol. The maximum atomic E-state index is 14.5. The molecule has 4 aromatic carbocycles. The van der Waals surface area contributed by atoms with Crippen LogP contribution in [0.3, 0.4) is 0 Å². The van der Waals surface area contributed by atoms with Crippen LogP contribution >= 0.6 is 23.1 Å². The molecule has 3 heterocycles. The number of rotatable bonds is 8. The normalized spacial score (nSPS) is 14.7. The first-order valence-electron chi connectivity index (χ1n) is 15.5. The molecule has 1 aliphatic rings. The van der Waals surface area contributed by atoms with Crippen LogP contribution in [0, 0.1) is 6.92 Å². The Labute approximate surface area is 281 Å². The molecule has 2 aromatic heterocycles. The topological polar surface area (TPSA) is 65.6 Å². The van der Waals surface area contributed by atoms with E-state index in [0.717, 1.165) is 44.7 Å². The minimum Gasteiger partial charge on any atom is -0.463 e. The van der Waals surface area contributed by atoms with Gasteiger partial charge in [0.2, 0.25) is 0 Å². The Balaban J connectivity index is 1.47. The number of hydrogen-bond donors (Lipinski definition) is 0. The minimum atomic E-state index is -0.709. The number of carbonyl (C=O) groups excluding carboxylic acids is 1. The molecule has 0 bridgehead atoms. The molecule has 0 unspecified atom stereocenters. The summed E-state index contributed by atoms with van der Waals surface area (Å²) in [5, 5.41) is 1.08. The zero-order valence-corrected chi connectivity index (χ0v) is 28.0. The van der Waals surface area contributed by atoms with Gasteiger partial charge in [0.25, 0.3) is 5.56 Å². The summed E-state index contributed by atoms with van der Waals surface area (Å²) in [6.07, 6.45) is 4.02. The number of hydrogen-bond acceptors (Lipinski definition) is 6. The second-order valence-electron chi connectivity index (χ2n) is 11.3. The van der Waals surface area contributed by atoms with Crippen molar-refractivity contribution in [3.8, 4) is 0 Å². The first kappa shape index (κ1) is 30.7. The lowest BCUT2D eigenvalue weighted by molar-refractivity contribution is -0.138. The molecular formula is C39H33N3O3S2. The van der Waals surface area contributed by atoms with Crippen molar-refractivity contribution in [1.82, 2.24) is 9.13 Å². The van der Waals surface area contributed by atoms with Gasteiger partial charge in [0.15, 0.2) is 4.80 Å². The zero-order chi connectivity index (χ0) is 32.5. The van der Waals surface area contributed by atoms with Crippen LogP contribution < -0.4 is 14.9 Å². The number of nitrogens with zero attached hydrogens (tertiary/aromatic N) is 3. The van der Waals surface area contributed by atoms with Gasteiger partial charge in [-0.25, -0.2) is 9.79 Å².